The topological polar surface area (TPSA) is 86.2 Å². The minimum Gasteiger partial charge on any atom is -0.321 e. The van der Waals surface area contributed by atoms with Gasteiger partial charge in [-0.3, -0.25) is 9.66 Å². The van der Waals surface area contributed by atoms with Crippen LogP contribution in [-0.2, 0) is 4.57 Å². The molecule has 0 amide bonds. The van der Waals surface area contributed by atoms with Gasteiger partial charge in [0.25, 0.3) is 0 Å². The molecular weight excluding hydrogens is 287 g/mol. The molecule has 0 radical (unpaired) electrons. The van der Waals surface area contributed by atoms with Crippen LogP contribution in [0, 0.1) is 0 Å². The number of aromatic amines is 1. The van der Waals surface area contributed by atoms with E-state index in [9.17, 15) is 14.4 Å². The third-order valence-corrected chi connectivity index (χ3v) is 4.10. The van der Waals surface area contributed by atoms with E-state index < -0.39 is 7.60 Å². The Balaban J connectivity index is 2.03. The van der Waals surface area contributed by atoms with Crippen LogP contribution in [0.3, 0.4) is 0 Å². The van der Waals surface area contributed by atoms with Crippen LogP contribution in [0.2, 0.25) is 0 Å². The van der Waals surface area contributed by atoms with Gasteiger partial charge in [0.1, 0.15) is 0 Å². The van der Waals surface area contributed by atoms with Gasteiger partial charge in [-0.1, -0.05) is 36.4 Å². The second kappa shape index (κ2) is 5.30. The number of hydrogen-bond donors (Lipinski definition) is 3. The highest BCUT2D eigenvalue weighted by molar-refractivity contribution is 7.60. The molecule has 6 heteroatoms. The second-order valence-corrected chi connectivity index (χ2v) is 6.23. The molecule has 3 aromatic rings. The highest BCUT2D eigenvalue weighted by atomic mass is 31.2. The minimum absolute atomic E-state index is 0.00855. The van der Waals surface area contributed by atoms with Crippen molar-refractivity contribution in [3.63, 3.8) is 0 Å². The van der Waals surface area contributed by atoms with Crippen LogP contribution in [0.25, 0.3) is 23.1 Å². The molecule has 5 nitrogen and oxygen atoms in total. The van der Waals surface area contributed by atoms with Crippen molar-refractivity contribution < 1.29 is 14.4 Å². The van der Waals surface area contributed by atoms with Gasteiger partial charge in [-0.25, -0.2) is 0 Å². The fourth-order valence-electron chi connectivity index (χ4n) is 2.07. The van der Waals surface area contributed by atoms with Crippen molar-refractivity contribution >= 4 is 36.0 Å². The Kier molecular flexibility index (Phi) is 3.47. The van der Waals surface area contributed by atoms with E-state index in [0.717, 1.165) is 11.1 Å². The number of nitrogens with zero attached hydrogens (tertiary/aromatic N) is 1. The van der Waals surface area contributed by atoms with Crippen LogP contribution in [0.1, 0.15) is 11.3 Å². The van der Waals surface area contributed by atoms with Crippen molar-refractivity contribution in [2.75, 3.05) is 0 Å². The van der Waals surface area contributed by atoms with Crippen LogP contribution in [0.15, 0.2) is 48.5 Å². The first-order valence-corrected chi connectivity index (χ1v) is 7.93. The lowest BCUT2D eigenvalue weighted by Gasteiger charge is -2.03. The zero-order chi connectivity index (χ0) is 14.9. The molecule has 21 heavy (non-hydrogen) atoms. The molecule has 3 rings (SSSR count). The maximum absolute atomic E-state index is 11.3. The van der Waals surface area contributed by atoms with Gasteiger partial charge < -0.3 is 9.79 Å². The summed E-state index contributed by atoms with van der Waals surface area (Å²) in [5, 5.41) is 7.69. The average molecular weight is 300 g/mol. The molecule has 106 valence electrons. The van der Waals surface area contributed by atoms with E-state index >= 15 is 0 Å². The van der Waals surface area contributed by atoms with E-state index in [0.29, 0.717) is 11.1 Å². The van der Waals surface area contributed by atoms with Gasteiger partial charge >= 0.3 is 7.60 Å². The number of benzene rings is 2. The first-order chi connectivity index (χ1) is 10.0. The summed E-state index contributed by atoms with van der Waals surface area (Å²) in [7, 11) is -4.26. The van der Waals surface area contributed by atoms with Gasteiger partial charge in [0, 0.05) is 5.39 Å². The van der Waals surface area contributed by atoms with Crippen LogP contribution in [-0.4, -0.2) is 20.0 Å². The van der Waals surface area contributed by atoms with Gasteiger partial charge in [0.2, 0.25) is 0 Å². The quantitative estimate of drug-likeness (QED) is 0.649. The Labute approximate surface area is 121 Å². The van der Waals surface area contributed by atoms with Crippen molar-refractivity contribution in [2.24, 2.45) is 0 Å². The monoisotopic (exact) mass is 300 g/mol. The van der Waals surface area contributed by atoms with Crippen molar-refractivity contribution in [3.8, 4) is 0 Å². The van der Waals surface area contributed by atoms with Crippen molar-refractivity contribution in [2.45, 2.75) is 0 Å². The summed E-state index contributed by atoms with van der Waals surface area (Å²) < 4.78 is 11.3. The van der Waals surface area contributed by atoms with Crippen LogP contribution >= 0.6 is 7.60 Å². The van der Waals surface area contributed by atoms with Crippen LogP contribution in [0.5, 0.6) is 0 Å². The number of rotatable bonds is 3. The fourth-order valence-corrected chi connectivity index (χ4v) is 2.64. The van der Waals surface area contributed by atoms with Gasteiger partial charge in [-0.15, -0.1) is 0 Å². The summed E-state index contributed by atoms with van der Waals surface area (Å²) in [5.74, 6) is 0. The third kappa shape index (κ3) is 2.95. The third-order valence-electron chi connectivity index (χ3n) is 3.15. The lowest BCUT2D eigenvalue weighted by Crippen LogP contribution is -2.02. The van der Waals surface area contributed by atoms with E-state index in [1.165, 1.54) is 12.1 Å². The number of aromatic nitrogens is 2. The smallest absolute Gasteiger partial charge is 0.321 e. The van der Waals surface area contributed by atoms with Crippen molar-refractivity contribution in [1.29, 1.82) is 0 Å². The molecule has 0 bridgehead atoms. The van der Waals surface area contributed by atoms with E-state index in [2.05, 4.69) is 10.2 Å². The van der Waals surface area contributed by atoms with Crippen molar-refractivity contribution in [3.05, 3.63) is 59.8 Å². The first-order valence-electron chi connectivity index (χ1n) is 6.31. The lowest BCUT2D eigenvalue weighted by molar-refractivity contribution is 0.387. The molecule has 0 saturated heterocycles. The largest absolute Gasteiger partial charge is 0.356 e. The van der Waals surface area contributed by atoms with Crippen LogP contribution in [0.4, 0.5) is 0 Å². The summed E-state index contributed by atoms with van der Waals surface area (Å²) in [4.78, 5) is 18.5. The number of fused-ring (bicyclic) bond motifs is 1. The van der Waals surface area contributed by atoms with E-state index in [4.69, 9.17) is 0 Å². The Morgan fingerprint density at radius 1 is 1.05 bits per heavy atom. The zero-order valence-corrected chi connectivity index (χ0v) is 11.9. The number of H-pyrrole nitrogens is 1. The Morgan fingerprint density at radius 3 is 2.52 bits per heavy atom. The maximum Gasteiger partial charge on any atom is 0.356 e. The predicted molar refractivity (Wildman–Crippen MR) is 83.1 cm³/mol. The molecule has 3 N–H and O–H groups in total. The highest BCUT2D eigenvalue weighted by Crippen LogP contribution is 2.34. The number of nitrogens with one attached hydrogen (secondary N) is 1. The summed E-state index contributed by atoms with van der Waals surface area (Å²) in [6.45, 7) is 0. The minimum atomic E-state index is -4.26. The van der Waals surface area contributed by atoms with Crippen molar-refractivity contribution in [1.82, 2.24) is 10.2 Å². The predicted octanol–water partition coefficient (Wildman–Crippen LogP) is 2.54. The second-order valence-electron chi connectivity index (χ2n) is 4.63. The summed E-state index contributed by atoms with van der Waals surface area (Å²) in [5.41, 5.74) is 2.41. The molecular formula is C15H13N2O3P. The first kappa shape index (κ1) is 13.8. The maximum atomic E-state index is 11.3. The van der Waals surface area contributed by atoms with E-state index in [1.807, 2.05) is 42.5 Å². The molecule has 0 unspecified atom stereocenters. The Hall–Kier alpha value is -2.20. The lowest BCUT2D eigenvalue weighted by atomic mass is 10.1. The van der Waals surface area contributed by atoms with Gasteiger partial charge in [0.15, 0.2) is 0 Å². The molecule has 1 aromatic heterocycles. The zero-order valence-electron chi connectivity index (χ0n) is 11.0. The van der Waals surface area contributed by atoms with E-state index in [1.54, 1.807) is 6.07 Å². The van der Waals surface area contributed by atoms with Gasteiger partial charge in [-0.05, 0) is 29.8 Å². The van der Waals surface area contributed by atoms with Gasteiger partial charge in [0.05, 0.1) is 16.5 Å². The molecule has 0 spiro atoms. The van der Waals surface area contributed by atoms with Crippen LogP contribution < -0.4 is 5.30 Å². The summed E-state index contributed by atoms with van der Waals surface area (Å²) >= 11 is 0. The molecule has 0 atom stereocenters. The molecule has 0 fully saturated rings. The SMILES string of the molecule is O=P(O)(O)c1ccc2[nH]nc(/C=C/c3ccccc3)c2c1. The fraction of sp³-hybridized carbons (Fsp3) is 0. The molecule has 0 saturated carbocycles. The van der Waals surface area contributed by atoms with E-state index in [-0.39, 0.29) is 5.30 Å². The molecule has 0 aliphatic heterocycles. The molecule has 2 aromatic carbocycles. The molecule has 1 heterocycles. The highest BCUT2D eigenvalue weighted by Gasteiger charge is 2.18. The summed E-state index contributed by atoms with van der Waals surface area (Å²) in [6, 6.07) is 14.3. The molecule has 0 aliphatic rings. The Bertz CT molecular complexity index is 850. The molecule has 0 aliphatic carbocycles. The Morgan fingerprint density at radius 2 is 1.81 bits per heavy atom. The number of hydrogen-bond acceptors (Lipinski definition) is 2. The summed E-state index contributed by atoms with van der Waals surface area (Å²) in [6.07, 6.45) is 3.72. The standard InChI is InChI=1S/C15H13N2O3P/c18-21(19,20)12-7-9-15-13(10-12)14(16-17-15)8-6-11-4-2-1-3-5-11/h1-10H,(H,16,17)(H2,18,19,20)/b8-6+. The normalized spacial score (nSPS) is 12.3. The average Bonchev–Trinajstić information content (AvgIpc) is 2.87. The van der Waals surface area contributed by atoms with Gasteiger partial charge in [-0.2, -0.15) is 5.10 Å².